The Kier molecular flexibility index (Phi) is 2.67. The van der Waals surface area contributed by atoms with E-state index in [2.05, 4.69) is 0 Å². The van der Waals surface area contributed by atoms with Crippen molar-refractivity contribution in [2.45, 2.75) is 13.0 Å². The first-order chi connectivity index (χ1) is 7.09. The second-order valence-corrected chi connectivity index (χ2v) is 4.29. The van der Waals surface area contributed by atoms with Crippen molar-refractivity contribution in [2.75, 3.05) is 13.1 Å². The predicted molar refractivity (Wildman–Crippen MR) is 60.1 cm³/mol. The highest BCUT2D eigenvalue weighted by Crippen LogP contribution is 2.21. The van der Waals surface area contributed by atoms with Gasteiger partial charge >= 0.3 is 0 Å². The fourth-order valence-electron chi connectivity index (χ4n) is 1.69. The fourth-order valence-corrected chi connectivity index (χ4v) is 1.86. The Labute approximate surface area is 93.8 Å². The van der Waals surface area contributed by atoms with Gasteiger partial charge in [0, 0.05) is 29.7 Å². The molecule has 1 aromatic carbocycles. The largest absolute Gasteiger partial charge is 0.335 e. The molecule has 2 N–H and O–H groups in total. The van der Waals surface area contributed by atoms with E-state index in [4.69, 9.17) is 17.3 Å². The number of nitrogens with zero attached hydrogens (tertiary/aromatic N) is 1. The fraction of sp³-hybridized carbons (Fsp3) is 0.364. The van der Waals surface area contributed by atoms with Gasteiger partial charge in [-0.15, -0.1) is 0 Å². The lowest BCUT2D eigenvalue weighted by Gasteiger charge is -2.37. The van der Waals surface area contributed by atoms with Gasteiger partial charge in [0.15, 0.2) is 0 Å². The van der Waals surface area contributed by atoms with Crippen LogP contribution in [-0.2, 0) is 0 Å². The molecule has 1 fully saturated rings. The van der Waals surface area contributed by atoms with Crippen molar-refractivity contribution >= 4 is 17.5 Å². The summed E-state index contributed by atoms with van der Waals surface area (Å²) >= 11 is 5.96. The molecule has 0 aromatic heterocycles. The van der Waals surface area contributed by atoms with Crippen LogP contribution in [0.3, 0.4) is 0 Å². The molecule has 0 spiro atoms. The van der Waals surface area contributed by atoms with Gasteiger partial charge in [0.25, 0.3) is 5.91 Å². The number of nitrogens with two attached hydrogens (primary N) is 1. The molecule has 1 aliphatic rings. The number of hydrogen-bond acceptors (Lipinski definition) is 2. The van der Waals surface area contributed by atoms with Gasteiger partial charge in [-0.05, 0) is 24.6 Å². The molecule has 0 saturated carbocycles. The van der Waals surface area contributed by atoms with E-state index in [-0.39, 0.29) is 11.9 Å². The van der Waals surface area contributed by atoms with Gasteiger partial charge in [-0.1, -0.05) is 17.7 Å². The second kappa shape index (κ2) is 3.83. The van der Waals surface area contributed by atoms with Crippen molar-refractivity contribution in [2.24, 2.45) is 5.73 Å². The minimum absolute atomic E-state index is 0.0247. The zero-order valence-electron chi connectivity index (χ0n) is 8.53. The van der Waals surface area contributed by atoms with E-state index in [9.17, 15) is 4.79 Å². The van der Waals surface area contributed by atoms with Crippen molar-refractivity contribution in [3.8, 4) is 0 Å². The van der Waals surface area contributed by atoms with Crippen molar-refractivity contribution in [1.82, 2.24) is 4.90 Å². The maximum Gasteiger partial charge on any atom is 0.254 e. The van der Waals surface area contributed by atoms with E-state index in [0.717, 1.165) is 5.56 Å². The van der Waals surface area contributed by atoms with Crippen LogP contribution in [0.2, 0.25) is 5.02 Å². The maximum absolute atomic E-state index is 12.0. The Bertz CT molecular complexity index is 400. The molecule has 0 atom stereocenters. The highest BCUT2D eigenvalue weighted by atomic mass is 35.5. The predicted octanol–water partition coefficient (Wildman–Crippen LogP) is 1.43. The molecule has 1 aliphatic heterocycles. The lowest BCUT2D eigenvalue weighted by atomic mass is 10.0. The van der Waals surface area contributed by atoms with Crippen LogP contribution in [-0.4, -0.2) is 29.9 Å². The number of likely N-dealkylation sites (tertiary alicyclic amines) is 1. The molecule has 0 bridgehead atoms. The van der Waals surface area contributed by atoms with E-state index in [0.29, 0.717) is 23.7 Å². The molecule has 1 amide bonds. The number of benzene rings is 1. The van der Waals surface area contributed by atoms with Gasteiger partial charge in [-0.3, -0.25) is 4.79 Å². The van der Waals surface area contributed by atoms with Gasteiger partial charge in [-0.25, -0.2) is 0 Å². The number of rotatable bonds is 1. The third-order valence-electron chi connectivity index (χ3n) is 2.70. The van der Waals surface area contributed by atoms with Crippen molar-refractivity contribution in [1.29, 1.82) is 0 Å². The van der Waals surface area contributed by atoms with Crippen molar-refractivity contribution < 1.29 is 4.79 Å². The second-order valence-electron chi connectivity index (χ2n) is 3.88. The molecule has 1 saturated heterocycles. The normalized spacial score (nSPS) is 16.3. The maximum atomic E-state index is 12.0. The van der Waals surface area contributed by atoms with Gasteiger partial charge in [0.2, 0.25) is 0 Å². The first-order valence-corrected chi connectivity index (χ1v) is 5.27. The zero-order chi connectivity index (χ0) is 11.0. The topological polar surface area (TPSA) is 46.3 Å². The highest BCUT2D eigenvalue weighted by Gasteiger charge is 2.29. The number of halogens is 1. The van der Waals surface area contributed by atoms with Crippen LogP contribution in [0, 0.1) is 6.92 Å². The van der Waals surface area contributed by atoms with E-state index in [1.165, 1.54) is 0 Å². The molecule has 80 valence electrons. The minimum atomic E-state index is 0.0247. The Morgan fingerprint density at radius 1 is 1.53 bits per heavy atom. The smallest absolute Gasteiger partial charge is 0.254 e. The minimum Gasteiger partial charge on any atom is -0.335 e. The van der Waals surface area contributed by atoms with E-state index in [1.807, 2.05) is 6.92 Å². The summed E-state index contributed by atoms with van der Waals surface area (Å²) in [4.78, 5) is 13.7. The SMILES string of the molecule is Cc1c(Cl)cccc1C(=O)N1CC(N)C1. The Morgan fingerprint density at radius 2 is 2.20 bits per heavy atom. The molecule has 0 aliphatic carbocycles. The molecule has 1 aromatic rings. The van der Waals surface area contributed by atoms with Gasteiger partial charge in [0.1, 0.15) is 0 Å². The number of hydrogen-bond donors (Lipinski definition) is 1. The number of carbonyl (C=O) groups excluding carboxylic acids is 1. The summed E-state index contributed by atoms with van der Waals surface area (Å²) in [5.41, 5.74) is 7.15. The molecule has 15 heavy (non-hydrogen) atoms. The Balaban J connectivity index is 2.22. The van der Waals surface area contributed by atoms with Crippen LogP contribution in [0.25, 0.3) is 0 Å². The quantitative estimate of drug-likeness (QED) is 0.785. The van der Waals surface area contributed by atoms with Gasteiger partial charge in [0.05, 0.1) is 0 Å². The molecular weight excluding hydrogens is 212 g/mol. The third-order valence-corrected chi connectivity index (χ3v) is 3.10. The summed E-state index contributed by atoms with van der Waals surface area (Å²) in [6, 6.07) is 5.51. The van der Waals surface area contributed by atoms with Crippen LogP contribution in [0.1, 0.15) is 15.9 Å². The zero-order valence-corrected chi connectivity index (χ0v) is 9.29. The average Bonchev–Trinajstić information content (AvgIpc) is 2.16. The van der Waals surface area contributed by atoms with Gasteiger partial charge in [-0.2, -0.15) is 0 Å². The molecule has 3 nitrogen and oxygen atoms in total. The lowest BCUT2D eigenvalue weighted by molar-refractivity contribution is 0.0607. The monoisotopic (exact) mass is 224 g/mol. The van der Waals surface area contributed by atoms with Crippen LogP contribution in [0.4, 0.5) is 0 Å². The van der Waals surface area contributed by atoms with E-state index < -0.39 is 0 Å². The summed E-state index contributed by atoms with van der Waals surface area (Å²) < 4.78 is 0. The summed E-state index contributed by atoms with van der Waals surface area (Å²) in [7, 11) is 0. The van der Waals surface area contributed by atoms with Crippen molar-refractivity contribution in [3.63, 3.8) is 0 Å². The average molecular weight is 225 g/mol. The molecule has 1 heterocycles. The first-order valence-electron chi connectivity index (χ1n) is 4.89. The third kappa shape index (κ3) is 1.85. The molecule has 2 rings (SSSR count). The summed E-state index contributed by atoms with van der Waals surface area (Å²) in [6.07, 6.45) is 0. The molecular formula is C11H13ClN2O. The van der Waals surface area contributed by atoms with Crippen LogP contribution in [0.15, 0.2) is 18.2 Å². The molecule has 0 radical (unpaired) electrons. The van der Waals surface area contributed by atoms with Crippen LogP contribution in [0.5, 0.6) is 0 Å². The highest BCUT2D eigenvalue weighted by molar-refractivity contribution is 6.31. The summed E-state index contributed by atoms with van der Waals surface area (Å²) in [5, 5.41) is 0.630. The molecule has 4 heteroatoms. The summed E-state index contributed by atoms with van der Waals surface area (Å²) in [5.74, 6) is 0.0247. The Morgan fingerprint density at radius 3 is 2.80 bits per heavy atom. The van der Waals surface area contributed by atoms with Gasteiger partial charge < -0.3 is 10.6 Å². The number of amides is 1. The molecule has 0 unspecified atom stereocenters. The van der Waals surface area contributed by atoms with E-state index >= 15 is 0 Å². The van der Waals surface area contributed by atoms with Crippen LogP contribution < -0.4 is 5.73 Å². The lowest BCUT2D eigenvalue weighted by Crippen LogP contribution is -2.57. The van der Waals surface area contributed by atoms with Crippen LogP contribution >= 0.6 is 11.6 Å². The standard InChI is InChI=1S/C11H13ClN2O/c1-7-9(3-2-4-10(7)12)11(15)14-5-8(13)6-14/h2-4,8H,5-6,13H2,1H3. The summed E-state index contributed by atoms with van der Waals surface area (Å²) in [6.45, 7) is 3.14. The van der Waals surface area contributed by atoms with E-state index in [1.54, 1.807) is 23.1 Å². The Hall–Kier alpha value is -1.06. The number of carbonyl (C=O) groups is 1. The van der Waals surface area contributed by atoms with Crippen molar-refractivity contribution in [3.05, 3.63) is 34.3 Å². The first kappa shape index (κ1) is 10.5.